The molecule has 2 rings (SSSR count). The van der Waals surface area contributed by atoms with Crippen LogP contribution in [0.25, 0.3) is 11.4 Å². The molecule has 0 atom stereocenters. The molecule has 3 N–H and O–H groups in total. The molecule has 90 valence electrons. The van der Waals surface area contributed by atoms with Crippen LogP contribution in [-0.4, -0.2) is 23.6 Å². The summed E-state index contributed by atoms with van der Waals surface area (Å²) in [5.74, 6) is 0.198. The molecule has 0 amide bonds. The van der Waals surface area contributed by atoms with Gasteiger partial charge in [0.25, 0.3) is 15.2 Å². The Labute approximate surface area is 110 Å². The van der Waals surface area contributed by atoms with Crippen molar-refractivity contribution in [2.45, 2.75) is 5.16 Å². The average molecular weight is 338 g/mol. The number of nitrogens with one attached hydrogen (secondary N) is 1. The Hall–Kier alpha value is -0.960. The minimum Gasteiger partial charge on any atom is -0.248 e. The molecular formula is C8H6BrClN4O2S. The van der Waals surface area contributed by atoms with Crippen LogP contribution in [0.1, 0.15) is 0 Å². The summed E-state index contributed by atoms with van der Waals surface area (Å²) >= 11 is 9.13. The second-order valence-corrected chi connectivity index (χ2v) is 5.90. The van der Waals surface area contributed by atoms with E-state index in [-0.39, 0.29) is 11.0 Å². The Morgan fingerprint density at radius 3 is 2.71 bits per heavy atom. The zero-order chi connectivity index (χ0) is 12.6. The summed E-state index contributed by atoms with van der Waals surface area (Å²) < 4.78 is 22.8. The molecular weight excluding hydrogens is 332 g/mol. The lowest BCUT2D eigenvalue weighted by Crippen LogP contribution is -2.13. The molecule has 1 heterocycles. The first-order valence-electron chi connectivity index (χ1n) is 4.28. The van der Waals surface area contributed by atoms with E-state index in [4.69, 9.17) is 16.7 Å². The number of primary sulfonamides is 1. The number of rotatable bonds is 2. The third-order valence-electron chi connectivity index (χ3n) is 1.90. The molecule has 2 aromatic rings. The monoisotopic (exact) mass is 336 g/mol. The molecule has 17 heavy (non-hydrogen) atoms. The summed E-state index contributed by atoms with van der Waals surface area (Å²) in [6.45, 7) is 0. The molecule has 0 spiro atoms. The minimum atomic E-state index is -3.89. The van der Waals surface area contributed by atoms with Gasteiger partial charge in [-0.25, -0.2) is 18.7 Å². The SMILES string of the molecule is NS(=O)(=O)c1nc(-c2cc(Cl)ccc2Br)n[nH]1. The average Bonchev–Trinajstić information content (AvgIpc) is 2.70. The van der Waals surface area contributed by atoms with Crippen LogP contribution < -0.4 is 5.14 Å². The standard InChI is InChI=1S/C8H6BrClN4O2S/c9-6-2-1-4(10)3-5(6)7-12-8(14-13-7)17(11,15)16/h1-3H,(H2,11,15,16)(H,12,13,14). The first-order valence-corrected chi connectivity index (χ1v) is 7.00. The fourth-order valence-corrected chi connectivity index (χ4v) is 2.15. The molecule has 0 aliphatic heterocycles. The first kappa shape index (κ1) is 12.5. The zero-order valence-electron chi connectivity index (χ0n) is 8.18. The van der Waals surface area contributed by atoms with Crippen LogP contribution in [0.2, 0.25) is 5.02 Å². The van der Waals surface area contributed by atoms with E-state index in [1.807, 2.05) is 0 Å². The maximum Gasteiger partial charge on any atom is 0.273 e. The van der Waals surface area contributed by atoms with Crippen molar-refractivity contribution in [3.63, 3.8) is 0 Å². The largest absolute Gasteiger partial charge is 0.273 e. The predicted octanol–water partition coefficient (Wildman–Crippen LogP) is 1.53. The molecule has 0 unspecified atom stereocenters. The zero-order valence-corrected chi connectivity index (χ0v) is 11.3. The van der Waals surface area contributed by atoms with Gasteiger partial charge in [-0.05, 0) is 18.2 Å². The van der Waals surface area contributed by atoms with Crippen molar-refractivity contribution < 1.29 is 8.42 Å². The van der Waals surface area contributed by atoms with Crippen molar-refractivity contribution in [2.24, 2.45) is 5.14 Å². The summed E-state index contributed by atoms with van der Waals surface area (Å²) in [5, 5.41) is 11.0. The number of H-pyrrole nitrogens is 1. The molecule has 9 heteroatoms. The van der Waals surface area contributed by atoms with E-state index in [1.54, 1.807) is 18.2 Å². The molecule has 0 aliphatic carbocycles. The number of hydrogen-bond donors (Lipinski definition) is 2. The Balaban J connectivity index is 2.55. The Kier molecular flexibility index (Phi) is 3.21. The van der Waals surface area contributed by atoms with Gasteiger partial charge in [-0.2, -0.15) is 10.1 Å². The summed E-state index contributed by atoms with van der Waals surface area (Å²) in [6.07, 6.45) is 0. The summed E-state index contributed by atoms with van der Waals surface area (Å²) in [7, 11) is -3.89. The second-order valence-electron chi connectivity index (χ2n) is 3.13. The van der Waals surface area contributed by atoms with Crippen LogP contribution in [0.15, 0.2) is 27.8 Å². The van der Waals surface area contributed by atoms with E-state index in [9.17, 15) is 8.42 Å². The highest BCUT2D eigenvalue weighted by Gasteiger charge is 2.16. The van der Waals surface area contributed by atoms with Gasteiger partial charge in [-0.1, -0.05) is 27.5 Å². The van der Waals surface area contributed by atoms with Crippen LogP contribution in [-0.2, 0) is 10.0 Å². The number of sulfonamides is 1. The third kappa shape index (κ3) is 2.65. The molecule has 0 aliphatic rings. The van der Waals surface area contributed by atoms with Crippen LogP contribution in [0.5, 0.6) is 0 Å². The van der Waals surface area contributed by atoms with Gasteiger partial charge in [-0.15, -0.1) is 0 Å². The van der Waals surface area contributed by atoms with Crippen molar-refractivity contribution in [2.75, 3.05) is 0 Å². The molecule has 1 aromatic carbocycles. The number of aromatic nitrogens is 3. The second kappa shape index (κ2) is 4.37. The van der Waals surface area contributed by atoms with E-state index in [0.29, 0.717) is 15.1 Å². The number of benzene rings is 1. The smallest absolute Gasteiger partial charge is 0.248 e. The van der Waals surface area contributed by atoms with Gasteiger partial charge in [0, 0.05) is 15.1 Å². The van der Waals surface area contributed by atoms with E-state index in [0.717, 1.165) is 0 Å². The van der Waals surface area contributed by atoms with Gasteiger partial charge >= 0.3 is 0 Å². The van der Waals surface area contributed by atoms with Gasteiger partial charge in [0.15, 0.2) is 5.82 Å². The topological polar surface area (TPSA) is 102 Å². The number of nitrogens with two attached hydrogens (primary N) is 1. The van der Waals surface area contributed by atoms with Crippen LogP contribution in [0.3, 0.4) is 0 Å². The lowest BCUT2D eigenvalue weighted by atomic mass is 10.2. The predicted molar refractivity (Wildman–Crippen MR) is 65.9 cm³/mol. The minimum absolute atomic E-state index is 0.198. The van der Waals surface area contributed by atoms with E-state index in [2.05, 4.69) is 31.1 Å². The van der Waals surface area contributed by atoms with Gasteiger partial charge in [-0.3, -0.25) is 0 Å². The summed E-state index contributed by atoms with van der Waals surface area (Å²) in [5.41, 5.74) is 0.573. The molecule has 0 fully saturated rings. The maximum atomic E-state index is 11.0. The first-order chi connectivity index (χ1) is 7.88. The molecule has 6 nitrogen and oxygen atoms in total. The summed E-state index contributed by atoms with van der Waals surface area (Å²) in [6, 6.07) is 5.01. The molecule has 1 aromatic heterocycles. The Bertz CT molecular complexity index is 670. The molecule has 0 saturated carbocycles. The van der Waals surface area contributed by atoms with E-state index in [1.165, 1.54) is 0 Å². The van der Waals surface area contributed by atoms with Crippen LogP contribution >= 0.6 is 27.5 Å². The third-order valence-corrected chi connectivity index (χ3v) is 3.55. The summed E-state index contributed by atoms with van der Waals surface area (Å²) in [4.78, 5) is 3.79. The van der Waals surface area contributed by atoms with Gasteiger partial charge < -0.3 is 0 Å². The highest BCUT2D eigenvalue weighted by atomic mass is 79.9. The van der Waals surface area contributed by atoms with Crippen LogP contribution in [0, 0.1) is 0 Å². The van der Waals surface area contributed by atoms with Crippen molar-refractivity contribution in [1.29, 1.82) is 0 Å². The molecule has 0 bridgehead atoms. The quantitative estimate of drug-likeness (QED) is 0.867. The fraction of sp³-hybridized carbons (Fsp3) is 0. The Morgan fingerprint density at radius 2 is 2.12 bits per heavy atom. The van der Waals surface area contributed by atoms with Crippen molar-refractivity contribution in [3.8, 4) is 11.4 Å². The normalized spacial score (nSPS) is 11.7. The van der Waals surface area contributed by atoms with Gasteiger partial charge in [0.2, 0.25) is 0 Å². The van der Waals surface area contributed by atoms with Crippen molar-refractivity contribution in [3.05, 3.63) is 27.7 Å². The highest BCUT2D eigenvalue weighted by molar-refractivity contribution is 9.10. The lowest BCUT2D eigenvalue weighted by molar-refractivity contribution is 0.589. The molecule has 0 radical (unpaired) electrons. The Morgan fingerprint density at radius 1 is 1.41 bits per heavy atom. The van der Waals surface area contributed by atoms with E-state index >= 15 is 0 Å². The highest BCUT2D eigenvalue weighted by Crippen LogP contribution is 2.28. The molecule has 0 saturated heterocycles. The number of nitrogens with zero attached hydrogens (tertiary/aromatic N) is 2. The van der Waals surface area contributed by atoms with Gasteiger partial charge in [0.1, 0.15) is 0 Å². The lowest BCUT2D eigenvalue weighted by Gasteiger charge is -1.99. The van der Waals surface area contributed by atoms with Crippen molar-refractivity contribution in [1.82, 2.24) is 15.2 Å². The van der Waals surface area contributed by atoms with Crippen molar-refractivity contribution >= 4 is 37.6 Å². The fourth-order valence-electron chi connectivity index (χ4n) is 1.16. The van der Waals surface area contributed by atoms with Crippen LogP contribution in [0.4, 0.5) is 0 Å². The number of hydrogen-bond acceptors (Lipinski definition) is 4. The number of aromatic amines is 1. The number of halogens is 2. The van der Waals surface area contributed by atoms with E-state index < -0.39 is 10.0 Å². The maximum absolute atomic E-state index is 11.0. The van der Waals surface area contributed by atoms with Gasteiger partial charge in [0.05, 0.1) is 0 Å².